The highest BCUT2D eigenvalue weighted by molar-refractivity contribution is 7.90. The molecule has 0 spiro atoms. The first-order valence-corrected chi connectivity index (χ1v) is 7.34. The van der Waals surface area contributed by atoms with E-state index < -0.39 is 15.3 Å². The predicted molar refractivity (Wildman–Crippen MR) is 61.4 cm³/mol. The third-order valence-corrected chi connectivity index (χ3v) is 5.42. The zero-order valence-electron chi connectivity index (χ0n) is 9.67. The molecule has 0 aromatic rings. The van der Waals surface area contributed by atoms with Crippen molar-refractivity contribution in [3.63, 3.8) is 0 Å². The molecule has 0 amide bonds. The van der Waals surface area contributed by atoms with Crippen LogP contribution in [-0.4, -0.2) is 38.5 Å². The Labute approximate surface area is 101 Å². The number of nitrogens with one attached hydrogen (secondary N) is 1. The summed E-state index contributed by atoms with van der Waals surface area (Å²) < 4.78 is 31.7. The minimum atomic E-state index is -3.63. The van der Waals surface area contributed by atoms with Gasteiger partial charge in [-0.25, -0.2) is 13.1 Å². The van der Waals surface area contributed by atoms with Crippen LogP contribution in [-0.2, 0) is 14.8 Å². The van der Waals surface area contributed by atoms with Crippen molar-refractivity contribution < 1.29 is 13.2 Å². The highest BCUT2D eigenvalue weighted by Crippen LogP contribution is 2.38. The fourth-order valence-corrected chi connectivity index (χ4v) is 3.96. The van der Waals surface area contributed by atoms with E-state index in [1.807, 2.05) is 0 Å². The van der Waals surface area contributed by atoms with E-state index in [9.17, 15) is 8.42 Å². The van der Waals surface area contributed by atoms with Crippen LogP contribution in [0.4, 0.5) is 0 Å². The molecule has 1 aliphatic carbocycles. The normalized spacial score (nSPS) is 37.9. The van der Waals surface area contributed by atoms with Gasteiger partial charge < -0.3 is 10.5 Å². The van der Waals surface area contributed by atoms with E-state index in [2.05, 4.69) is 4.72 Å². The number of sulfonamides is 1. The van der Waals surface area contributed by atoms with Gasteiger partial charge in [0.25, 0.3) is 0 Å². The molecule has 5 atom stereocenters. The second-order valence-electron chi connectivity index (χ2n) is 4.58. The number of fused-ring (bicyclic) bond motifs is 1. The molecule has 2 rings (SSSR count). The van der Waals surface area contributed by atoms with Crippen molar-refractivity contribution in [2.45, 2.75) is 43.2 Å². The summed E-state index contributed by atoms with van der Waals surface area (Å²) in [4.78, 5) is 0. The maximum absolute atomic E-state index is 11.9. The van der Waals surface area contributed by atoms with Gasteiger partial charge in [-0.15, -0.1) is 0 Å². The molecule has 0 aromatic heterocycles. The van der Waals surface area contributed by atoms with Crippen LogP contribution >= 0.6 is 0 Å². The van der Waals surface area contributed by atoms with Crippen LogP contribution in [0.1, 0.15) is 19.8 Å². The quantitative estimate of drug-likeness (QED) is 0.696. The van der Waals surface area contributed by atoms with Crippen LogP contribution in [0, 0.1) is 17.2 Å². The van der Waals surface area contributed by atoms with Crippen molar-refractivity contribution >= 4 is 10.0 Å². The number of ether oxygens (including phenoxy) is 1. The Hall–Kier alpha value is -0.680. The summed E-state index contributed by atoms with van der Waals surface area (Å²) in [6.07, 6.45) is 1.04. The predicted octanol–water partition coefficient (Wildman–Crippen LogP) is -0.677. The Morgan fingerprint density at radius 3 is 2.94 bits per heavy atom. The number of hydrogen-bond acceptors (Lipinski definition) is 5. The Bertz CT molecular complexity index is 431. The zero-order valence-corrected chi connectivity index (χ0v) is 10.5. The average molecular weight is 259 g/mol. The highest BCUT2D eigenvalue weighted by Gasteiger charge is 2.53. The molecule has 1 saturated carbocycles. The molecule has 1 aliphatic heterocycles. The lowest BCUT2D eigenvalue weighted by atomic mass is 9.73. The van der Waals surface area contributed by atoms with Gasteiger partial charge in [0.05, 0.1) is 18.2 Å². The lowest BCUT2D eigenvalue weighted by Gasteiger charge is -2.45. The van der Waals surface area contributed by atoms with E-state index >= 15 is 0 Å². The molecule has 2 fully saturated rings. The fraction of sp³-hybridized carbons (Fsp3) is 0.900. The first-order chi connectivity index (χ1) is 8.01. The standard InChI is InChI=1S/C10H17N3O3S/c1-2-6(5-11)17(14,15)13-9-8(12)7-3-4-16-10(7)9/h6-10,13H,2-4,12H2,1H3. The van der Waals surface area contributed by atoms with E-state index in [1.54, 1.807) is 13.0 Å². The van der Waals surface area contributed by atoms with Gasteiger partial charge in [0.15, 0.2) is 5.25 Å². The first kappa shape index (κ1) is 12.8. The molecule has 1 heterocycles. The lowest BCUT2D eigenvalue weighted by Crippen LogP contribution is -2.69. The maximum Gasteiger partial charge on any atom is 0.228 e. The summed E-state index contributed by atoms with van der Waals surface area (Å²) in [6, 6.07) is 1.21. The molecule has 5 unspecified atom stereocenters. The zero-order chi connectivity index (χ0) is 12.6. The SMILES string of the molecule is CCC(C#N)S(=O)(=O)NC1C(N)C2CCOC21. The second kappa shape index (κ2) is 4.53. The smallest absolute Gasteiger partial charge is 0.228 e. The molecule has 0 aromatic carbocycles. The number of rotatable bonds is 4. The van der Waals surface area contributed by atoms with Gasteiger partial charge in [-0.3, -0.25) is 0 Å². The molecule has 96 valence electrons. The van der Waals surface area contributed by atoms with Crippen LogP contribution in [0.15, 0.2) is 0 Å². The van der Waals surface area contributed by atoms with Gasteiger partial charge >= 0.3 is 0 Å². The Balaban J connectivity index is 2.05. The molecule has 0 radical (unpaired) electrons. The van der Waals surface area contributed by atoms with Crippen molar-refractivity contribution in [2.75, 3.05) is 6.61 Å². The van der Waals surface area contributed by atoms with Gasteiger partial charge in [-0.1, -0.05) is 6.92 Å². The Kier molecular flexibility index (Phi) is 3.41. The van der Waals surface area contributed by atoms with Crippen molar-refractivity contribution in [1.82, 2.24) is 4.72 Å². The Morgan fingerprint density at radius 2 is 2.35 bits per heavy atom. The summed E-state index contributed by atoms with van der Waals surface area (Å²) >= 11 is 0. The van der Waals surface area contributed by atoms with E-state index in [-0.39, 0.29) is 30.5 Å². The number of nitrogens with two attached hydrogens (primary N) is 1. The molecule has 0 bridgehead atoms. The molecule has 1 saturated heterocycles. The first-order valence-electron chi connectivity index (χ1n) is 5.79. The molecular weight excluding hydrogens is 242 g/mol. The minimum absolute atomic E-state index is 0.115. The number of nitriles is 1. The lowest BCUT2D eigenvalue weighted by molar-refractivity contribution is -0.00929. The van der Waals surface area contributed by atoms with E-state index in [0.717, 1.165) is 6.42 Å². The van der Waals surface area contributed by atoms with Crippen LogP contribution < -0.4 is 10.5 Å². The van der Waals surface area contributed by atoms with Gasteiger partial charge in [0.2, 0.25) is 10.0 Å². The van der Waals surface area contributed by atoms with Gasteiger partial charge in [0, 0.05) is 18.6 Å². The molecule has 6 nitrogen and oxygen atoms in total. The number of nitrogens with zero attached hydrogens (tertiary/aromatic N) is 1. The van der Waals surface area contributed by atoms with Crippen molar-refractivity contribution in [1.29, 1.82) is 5.26 Å². The largest absolute Gasteiger partial charge is 0.376 e. The summed E-state index contributed by atoms with van der Waals surface area (Å²) in [7, 11) is -3.63. The summed E-state index contributed by atoms with van der Waals surface area (Å²) in [5, 5.41) is 7.77. The maximum atomic E-state index is 11.9. The van der Waals surface area contributed by atoms with Gasteiger partial charge in [-0.05, 0) is 12.8 Å². The van der Waals surface area contributed by atoms with Crippen LogP contribution in [0.25, 0.3) is 0 Å². The van der Waals surface area contributed by atoms with Crippen LogP contribution in [0.5, 0.6) is 0 Å². The number of hydrogen-bond donors (Lipinski definition) is 2. The molecule has 2 aliphatic rings. The summed E-state index contributed by atoms with van der Waals surface area (Å²) in [5.41, 5.74) is 5.91. The minimum Gasteiger partial charge on any atom is -0.376 e. The molecule has 17 heavy (non-hydrogen) atoms. The summed E-state index contributed by atoms with van der Waals surface area (Å²) in [6.45, 7) is 2.30. The topological polar surface area (TPSA) is 105 Å². The average Bonchev–Trinajstić information content (AvgIpc) is 2.72. The van der Waals surface area contributed by atoms with Gasteiger partial charge in [0.1, 0.15) is 0 Å². The monoisotopic (exact) mass is 259 g/mol. The Morgan fingerprint density at radius 1 is 1.65 bits per heavy atom. The fourth-order valence-electron chi connectivity index (χ4n) is 2.55. The van der Waals surface area contributed by atoms with E-state index in [1.165, 1.54) is 0 Å². The van der Waals surface area contributed by atoms with Crippen molar-refractivity contribution in [3.05, 3.63) is 0 Å². The molecular formula is C10H17N3O3S. The van der Waals surface area contributed by atoms with Crippen molar-refractivity contribution in [2.24, 2.45) is 11.7 Å². The summed E-state index contributed by atoms with van der Waals surface area (Å²) in [5.74, 6) is 0.255. The molecule has 3 N–H and O–H groups in total. The van der Waals surface area contributed by atoms with E-state index in [0.29, 0.717) is 6.61 Å². The second-order valence-corrected chi connectivity index (χ2v) is 6.47. The highest BCUT2D eigenvalue weighted by atomic mass is 32.2. The van der Waals surface area contributed by atoms with Crippen LogP contribution in [0.3, 0.4) is 0 Å². The van der Waals surface area contributed by atoms with Crippen molar-refractivity contribution in [3.8, 4) is 6.07 Å². The van der Waals surface area contributed by atoms with E-state index in [4.69, 9.17) is 15.7 Å². The van der Waals surface area contributed by atoms with Gasteiger partial charge in [-0.2, -0.15) is 5.26 Å². The third kappa shape index (κ3) is 2.06. The van der Waals surface area contributed by atoms with Crippen LogP contribution in [0.2, 0.25) is 0 Å². The third-order valence-electron chi connectivity index (χ3n) is 3.64. The molecule has 7 heteroatoms.